The van der Waals surface area contributed by atoms with E-state index in [4.69, 9.17) is 0 Å². The topological polar surface area (TPSA) is 157 Å². The van der Waals surface area contributed by atoms with Gasteiger partial charge in [-0.15, -0.1) is 5.10 Å². The quantitative estimate of drug-likeness (QED) is 0.167. The van der Waals surface area contributed by atoms with Crippen LogP contribution in [-0.2, 0) is 21.4 Å². The van der Waals surface area contributed by atoms with Gasteiger partial charge in [-0.2, -0.15) is 0 Å². The first kappa shape index (κ1) is 24.7. The van der Waals surface area contributed by atoms with Crippen LogP contribution in [0.1, 0.15) is 6.42 Å². The molecule has 3 atom stereocenters. The van der Waals surface area contributed by atoms with Gasteiger partial charge in [0.25, 0.3) is 0 Å². The molecule has 2 N–H and O–H groups in total. The van der Waals surface area contributed by atoms with Gasteiger partial charge in [-0.25, -0.2) is 4.68 Å². The second kappa shape index (κ2) is 9.66. The summed E-state index contributed by atoms with van der Waals surface area (Å²) >= 11 is 1.31. The Bertz CT molecular complexity index is 1170. The molecular weight excluding hydrogens is 473 g/mol. The van der Waals surface area contributed by atoms with Crippen molar-refractivity contribution in [1.82, 2.24) is 30.0 Å². The fourth-order valence-corrected chi connectivity index (χ4v) is 5.80. The number of hydrogen-bond donors (Lipinski definition) is 2. The Labute approximate surface area is 220 Å². The van der Waals surface area contributed by atoms with Gasteiger partial charge in [0.2, 0.25) is 17.0 Å². The number of hydrogen-bond acceptors (Lipinski definition) is 10. The summed E-state index contributed by atoms with van der Waals surface area (Å²) in [5.74, 6) is -1.69. The number of rotatable bonds is 7. The van der Waals surface area contributed by atoms with Crippen LogP contribution in [0.4, 0.5) is 5.69 Å². The number of tetrazole rings is 1. The summed E-state index contributed by atoms with van der Waals surface area (Å²) in [5, 5.41) is 35.9. The Morgan fingerprint density at radius 3 is 2.68 bits per heavy atom. The average molecular weight is 493 g/mol. The predicted octanol–water partition coefficient (Wildman–Crippen LogP) is -4.43. The number of benzene rings is 1. The van der Waals surface area contributed by atoms with Gasteiger partial charge in [-0.3, -0.25) is 14.5 Å². The number of anilines is 1. The number of likely N-dealkylation sites (tertiary alicyclic amines) is 1. The minimum absolute atomic E-state index is 0. The van der Waals surface area contributed by atoms with Crippen LogP contribution in [0, 0.1) is 5.92 Å². The number of carbonyl (C=O) groups excluding carboxylic acids is 3. The van der Waals surface area contributed by atoms with E-state index in [1.54, 1.807) is 24.1 Å². The van der Waals surface area contributed by atoms with E-state index in [1.807, 2.05) is 0 Å². The number of thioether (sulfide) groups is 1. The molecule has 2 amide bonds. The molecule has 1 aromatic carbocycles. The second-order valence-electron chi connectivity index (χ2n) is 8.14. The molecule has 5 rings (SSSR count). The van der Waals surface area contributed by atoms with Crippen molar-refractivity contribution in [2.24, 2.45) is 13.0 Å². The van der Waals surface area contributed by atoms with Crippen LogP contribution in [0.5, 0.6) is 5.75 Å². The Hall–Kier alpha value is -2.45. The van der Waals surface area contributed by atoms with E-state index in [2.05, 4.69) is 20.8 Å². The fourth-order valence-electron chi connectivity index (χ4n) is 4.85. The van der Waals surface area contributed by atoms with Gasteiger partial charge >= 0.3 is 29.6 Å². The Morgan fingerprint density at radius 1 is 1.29 bits per heavy atom. The van der Waals surface area contributed by atoms with Crippen LogP contribution in [0.2, 0.25) is 0 Å². The zero-order valence-electron chi connectivity index (χ0n) is 18.5. The molecule has 2 saturated heterocycles. The number of carboxylic acid groups (broad SMARTS) is 1. The Morgan fingerprint density at radius 2 is 2.03 bits per heavy atom. The number of carboxylic acids is 1. The molecule has 12 nitrogen and oxygen atoms in total. The molecule has 34 heavy (non-hydrogen) atoms. The first-order valence-corrected chi connectivity index (χ1v) is 11.3. The van der Waals surface area contributed by atoms with Crippen LogP contribution < -0.4 is 40.0 Å². The molecule has 172 valence electrons. The molecule has 4 heterocycles. The first-order valence-electron chi connectivity index (χ1n) is 10.3. The summed E-state index contributed by atoms with van der Waals surface area (Å²) in [4.78, 5) is 40.5. The molecule has 1 aromatic heterocycles. The molecule has 0 radical (unpaired) electrons. The summed E-state index contributed by atoms with van der Waals surface area (Å²) in [6, 6.07) is 5.23. The molecule has 0 spiro atoms. The van der Waals surface area contributed by atoms with Crippen LogP contribution in [-0.4, -0.2) is 83.8 Å². The van der Waals surface area contributed by atoms with E-state index < -0.39 is 12.0 Å². The normalized spacial score (nSPS) is 23.3. The van der Waals surface area contributed by atoms with Gasteiger partial charge in [-0.1, -0.05) is 11.8 Å². The van der Waals surface area contributed by atoms with E-state index in [0.717, 1.165) is 0 Å². The number of aryl methyl sites for hydroxylation is 1. The van der Waals surface area contributed by atoms with Crippen LogP contribution >= 0.6 is 11.8 Å². The summed E-state index contributed by atoms with van der Waals surface area (Å²) < 4.78 is 1.50. The molecule has 0 saturated carbocycles. The van der Waals surface area contributed by atoms with Gasteiger partial charge in [0, 0.05) is 31.0 Å². The summed E-state index contributed by atoms with van der Waals surface area (Å²) in [5.41, 5.74) is 1.12. The van der Waals surface area contributed by atoms with Crippen molar-refractivity contribution in [3.05, 3.63) is 35.5 Å². The minimum Gasteiger partial charge on any atom is -0.543 e. The van der Waals surface area contributed by atoms with E-state index in [-0.39, 0.29) is 71.3 Å². The Balaban J connectivity index is 0.00000274. The number of piperidine rings is 1. The smallest absolute Gasteiger partial charge is 0.543 e. The molecule has 3 aliphatic rings. The summed E-state index contributed by atoms with van der Waals surface area (Å²) in [6.45, 7) is 0.484. The van der Waals surface area contributed by atoms with E-state index in [0.29, 0.717) is 35.1 Å². The zero-order chi connectivity index (χ0) is 23.3. The van der Waals surface area contributed by atoms with Crippen molar-refractivity contribution in [1.29, 1.82) is 0 Å². The third-order valence-corrected chi connectivity index (χ3v) is 7.33. The SMILES string of the molecule is Cn1nnnc1SCC1=C(C(=O)[O-])N2C(=O)[C@@H]3[C@H]2C1CCN3CC(=O)Nc1ccc(O)cc1.[Na+]. The summed E-state index contributed by atoms with van der Waals surface area (Å²) in [7, 11) is 1.69. The molecule has 0 aliphatic carbocycles. The number of carbonyl (C=O) groups is 3. The maximum Gasteiger partial charge on any atom is 1.00 e. The third kappa shape index (κ3) is 4.22. The maximum absolute atomic E-state index is 12.9. The largest absolute Gasteiger partial charge is 1.00 e. The minimum atomic E-state index is -1.38. The maximum atomic E-state index is 12.9. The first-order chi connectivity index (χ1) is 15.8. The zero-order valence-corrected chi connectivity index (χ0v) is 21.4. The molecule has 2 fully saturated rings. The van der Waals surface area contributed by atoms with Gasteiger partial charge in [0.05, 0.1) is 24.3 Å². The molecule has 2 aromatic rings. The van der Waals surface area contributed by atoms with E-state index >= 15 is 0 Å². The second-order valence-corrected chi connectivity index (χ2v) is 9.08. The number of phenolic OH excluding ortho intramolecular Hbond substituents is 1. The van der Waals surface area contributed by atoms with Gasteiger partial charge in [-0.05, 0) is 46.7 Å². The molecule has 0 bridgehead atoms. The monoisotopic (exact) mass is 493 g/mol. The van der Waals surface area contributed by atoms with Crippen molar-refractivity contribution in [2.45, 2.75) is 23.7 Å². The van der Waals surface area contributed by atoms with Crippen LogP contribution in [0.3, 0.4) is 0 Å². The average Bonchev–Trinajstić information content (AvgIpc) is 3.32. The Kier molecular flexibility index (Phi) is 7.01. The van der Waals surface area contributed by atoms with Gasteiger partial charge < -0.3 is 25.2 Å². The number of aliphatic carboxylic acids is 1. The van der Waals surface area contributed by atoms with E-state index in [9.17, 15) is 24.6 Å². The molecular formula is C20H20N7NaO5S. The standard InChI is InChI=1S/C20H21N7O5S.Na/c1-25-20(22-23-24-25)33-9-13-12-6-7-26(8-14(29)21-10-2-4-11(28)5-3-10)17-15(12)27(18(17)30)16(13)19(31)32;/h2-5,12,15,17,28H,6-9H2,1H3,(H,21,29)(H,31,32);/q;+1/p-1/t12?,15-,17+;/m1./s1. The number of β-lactam (4-membered cyclic amide) rings is 1. The van der Waals surface area contributed by atoms with Crippen molar-refractivity contribution in [2.75, 3.05) is 24.2 Å². The van der Waals surface area contributed by atoms with Crippen molar-refractivity contribution in [3.8, 4) is 5.75 Å². The molecule has 14 heteroatoms. The van der Waals surface area contributed by atoms with Crippen molar-refractivity contribution in [3.63, 3.8) is 0 Å². The van der Waals surface area contributed by atoms with Gasteiger partial charge in [0.1, 0.15) is 11.8 Å². The summed E-state index contributed by atoms with van der Waals surface area (Å²) in [6.07, 6.45) is 0.612. The van der Waals surface area contributed by atoms with E-state index in [1.165, 1.54) is 33.5 Å². The van der Waals surface area contributed by atoms with Crippen molar-refractivity contribution < 1.29 is 54.2 Å². The number of nitrogens with one attached hydrogen (secondary N) is 1. The van der Waals surface area contributed by atoms with Gasteiger partial charge in [0.15, 0.2) is 0 Å². The van der Waals surface area contributed by atoms with Crippen LogP contribution in [0.25, 0.3) is 0 Å². The third-order valence-electron chi connectivity index (χ3n) is 6.27. The number of nitrogens with zero attached hydrogens (tertiary/aromatic N) is 6. The van der Waals surface area contributed by atoms with Crippen molar-refractivity contribution >= 4 is 35.2 Å². The predicted molar refractivity (Wildman–Crippen MR) is 112 cm³/mol. The number of aromatic hydroxyl groups is 1. The molecule has 1 unspecified atom stereocenters. The molecule has 3 aliphatic heterocycles. The number of phenols is 1. The number of amides is 2. The fraction of sp³-hybridized carbons (Fsp3) is 0.400. The van der Waals surface area contributed by atoms with Crippen LogP contribution in [0.15, 0.2) is 40.7 Å². The number of aromatic nitrogens is 4.